The Bertz CT molecular complexity index is 703. The Hall–Kier alpha value is -2.15. The van der Waals surface area contributed by atoms with E-state index in [2.05, 4.69) is 5.32 Å². The minimum atomic E-state index is -0.595. The molecule has 1 aromatic rings. The molecule has 1 N–H and O–H groups in total. The second-order valence-corrected chi connectivity index (χ2v) is 7.06. The van der Waals surface area contributed by atoms with Gasteiger partial charge >= 0.3 is 0 Å². The smallest absolute Gasteiger partial charge is 0.289 e. The molecule has 1 heterocycles. The first-order valence-electron chi connectivity index (χ1n) is 8.50. The summed E-state index contributed by atoms with van der Waals surface area (Å²) in [6.07, 6.45) is 5.65. The zero-order chi connectivity index (χ0) is 18.0. The fraction of sp³-hybridized carbons (Fsp3) is 0.529. The molecule has 0 spiro atoms. The van der Waals surface area contributed by atoms with Crippen LogP contribution < -0.4 is 5.32 Å². The summed E-state index contributed by atoms with van der Waals surface area (Å²) in [4.78, 5) is 36.9. The summed E-state index contributed by atoms with van der Waals surface area (Å²) in [5.41, 5.74) is 0.0514. The molecule has 1 saturated heterocycles. The Labute approximate surface area is 150 Å². The first-order chi connectivity index (χ1) is 12.0. The van der Waals surface area contributed by atoms with Crippen LogP contribution in [-0.4, -0.2) is 34.2 Å². The third-order valence-electron chi connectivity index (χ3n) is 4.96. The Balaban J connectivity index is 1.65. The monoisotopic (exact) mass is 365 g/mol. The number of anilines is 1. The van der Waals surface area contributed by atoms with Crippen LogP contribution in [0.5, 0.6) is 0 Å². The van der Waals surface area contributed by atoms with Crippen LogP contribution in [0.15, 0.2) is 18.2 Å². The summed E-state index contributed by atoms with van der Waals surface area (Å²) in [7, 11) is 0. The van der Waals surface area contributed by atoms with Gasteiger partial charge in [0.1, 0.15) is 5.02 Å². The maximum atomic E-state index is 12.5. The molecular weight excluding hydrogens is 346 g/mol. The lowest BCUT2D eigenvalue weighted by Crippen LogP contribution is -2.38. The molecule has 1 aliphatic heterocycles. The summed E-state index contributed by atoms with van der Waals surface area (Å²) in [6.45, 7) is 0.422. The average Bonchev–Trinajstić information content (AvgIpc) is 2.99. The molecule has 8 heteroatoms. The second kappa shape index (κ2) is 7.39. The van der Waals surface area contributed by atoms with Crippen LogP contribution in [0, 0.1) is 16.0 Å². The minimum absolute atomic E-state index is 0.0162. The molecule has 0 aromatic heterocycles. The van der Waals surface area contributed by atoms with Gasteiger partial charge in [0.15, 0.2) is 0 Å². The number of carbonyl (C=O) groups is 2. The van der Waals surface area contributed by atoms with E-state index in [1.54, 1.807) is 0 Å². The largest absolute Gasteiger partial charge is 0.339 e. The van der Waals surface area contributed by atoms with Crippen molar-refractivity contribution < 1.29 is 14.5 Å². The normalized spacial score (nSPS) is 21.4. The van der Waals surface area contributed by atoms with Crippen molar-refractivity contribution in [3.8, 4) is 0 Å². The summed E-state index contributed by atoms with van der Waals surface area (Å²) < 4.78 is 0. The van der Waals surface area contributed by atoms with Crippen LogP contribution in [0.4, 0.5) is 11.4 Å². The number of likely N-dealkylation sites (tertiary alicyclic amines) is 1. The molecule has 2 aliphatic rings. The molecule has 2 fully saturated rings. The minimum Gasteiger partial charge on any atom is -0.339 e. The maximum absolute atomic E-state index is 12.5. The highest BCUT2D eigenvalue weighted by Crippen LogP contribution is 2.30. The van der Waals surface area contributed by atoms with E-state index in [-0.39, 0.29) is 35.0 Å². The van der Waals surface area contributed by atoms with Crippen LogP contribution in [-0.2, 0) is 9.59 Å². The van der Waals surface area contributed by atoms with Gasteiger partial charge in [-0.15, -0.1) is 0 Å². The first kappa shape index (κ1) is 17.7. The fourth-order valence-corrected chi connectivity index (χ4v) is 3.81. The Kier molecular flexibility index (Phi) is 5.22. The highest BCUT2D eigenvalue weighted by atomic mass is 35.5. The zero-order valence-corrected chi connectivity index (χ0v) is 14.5. The molecule has 3 rings (SSSR count). The van der Waals surface area contributed by atoms with E-state index >= 15 is 0 Å². The molecular formula is C17H20ClN3O4. The van der Waals surface area contributed by atoms with E-state index in [0.717, 1.165) is 25.7 Å². The van der Waals surface area contributed by atoms with Gasteiger partial charge in [-0.3, -0.25) is 19.7 Å². The van der Waals surface area contributed by atoms with Crippen LogP contribution in [0.1, 0.15) is 38.5 Å². The van der Waals surface area contributed by atoms with E-state index in [9.17, 15) is 19.7 Å². The van der Waals surface area contributed by atoms with Gasteiger partial charge < -0.3 is 10.2 Å². The number of halogens is 1. The molecule has 0 bridgehead atoms. The number of rotatable bonds is 4. The van der Waals surface area contributed by atoms with Crippen molar-refractivity contribution in [2.75, 3.05) is 11.9 Å². The van der Waals surface area contributed by atoms with Crippen molar-refractivity contribution in [3.63, 3.8) is 0 Å². The van der Waals surface area contributed by atoms with Gasteiger partial charge in [-0.25, -0.2) is 0 Å². The Morgan fingerprint density at radius 3 is 2.68 bits per heavy atom. The van der Waals surface area contributed by atoms with Gasteiger partial charge in [-0.1, -0.05) is 30.9 Å². The molecule has 0 unspecified atom stereocenters. The number of nitro benzene ring substituents is 1. The van der Waals surface area contributed by atoms with Crippen LogP contribution >= 0.6 is 11.6 Å². The lowest BCUT2D eigenvalue weighted by atomic mass is 9.94. The third kappa shape index (κ3) is 3.92. The van der Waals surface area contributed by atoms with E-state index in [0.29, 0.717) is 12.2 Å². The lowest BCUT2D eigenvalue weighted by molar-refractivity contribution is -0.384. The van der Waals surface area contributed by atoms with E-state index in [1.807, 2.05) is 4.90 Å². The first-order valence-corrected chi connectivity index (χ1v) is 8.88. The van der Waals surface area contributed by atoms with E-state index in [4.69, 9.17) is 11.6 Å². The van der Waals surface area contributed by atoms with Gasteiger partial charge in [-0.2, -0.15) is 0 Å². The molecule has 0 radical (unpaired) electrons. The molecule has 1 saturated carbocycles. The van der Waals surface area contributed by atoms with Crippen molar-refractivity contribution >= 4 is 34.8 Å². The van der Waals surface area contributed by atoms with Gasteiger partial charge in [-0.05, 0) is 25.0 Å². The molecule has 1 aromatic carbocycles. The number of nitro groups is 1. The number of hydrogen-bond donors (Lipinski definition) is 1. The van der Waals surface area contributed by atoms with Crippen molar-refractivity contribution in [2.45, 2.75) is 44.6 Å². The Morgan fingerprint density at radius 1 is 1.28 bits per heavy atom. The molecule has 1 aliphatic carbocycles. The number of hydrogen-bond acceptors (Lipinski definition) is 4. The number of nitrogens with zero attached hydrogens (tertiary/aromatic N) is 2. The molecule has 2 amide bonds. The lowest BCUT2D eigenvalue weighted by Gasteiger charge is -2.31. The maximum Gasteiger partial charge on any atom is 0.289 e. The van der Waals surface area contributed by atoms with Crippen molar-refractivity contribution in [1.82, 2.24) is 4.90 Å². The van der Waals surface area contributed by atoms with Gasteiger partial charge in [0.2, 0.25) is 11.8 Å². The number of benzene rings is 1. The highest BCUT2D eigenvalue weighted by molar-refractivity contribution is 6.32. The standard InChI is InChI=1S/C17H20ClN3O4/c18-14-7-6-12(9-15(14)21(24)25)19-17(23)11-8-16(22)20(10-11)13-4-2-1-3-5-13/h6-7,9,11,13H,1-5,8,10H2,(H,19,23)/t11-/m1/s1. The molecule has 7 nitrogen and oxygen atoms in total. The number of nitrogens with one attached hydrogen (secondary N) is 1. The Morgan fingerprint density at radius 2 is 2.00 bits per heavy atom. The van der Waals surface area contributed by atoms with Gasteiger partial charge in [0, 0.05) is 30.8 Å². The average molecular weight is 366 g/mol. The SMILES string of the molecule is O=C(Nc1ccc(Cl)c([N+](=O)[O-])c1)[C@@H]1CC(=O)N(C2CCCCC2)C1. The molecule has 134 valence electrons. The number of amides is 2. The van der Waals surface area contributed by atoms with Crippen molar-refractivity contribution in [2.24, 2.45) is 5.92 Å². The van der Waals surface area contributed by atoms with E-state index < -0.39 is 10.8 Å². The second-order valence-electron chi connectivity index (χ2n) is 6.65. The summed E-state index contributed by atoms with van der Waals surface area (Å²) in [6, 6.07) is 4.37. The van der Waals surface area contributed by atoms with Crippen LogP contribution in [0.25, 0.3) is 0 Å². The highest BCUT2D eigenvalue weighted by Gasteiger charge is 2.38. The van der Waals surface area contributed by atoms with Gasteiger partial charge in [0.25, 0.3) is 5.69 Å². The van der Waals surface area contributed by atoms with Crippen LogP contribution in [0.2, 0.25) is 5.02 Å². The quantitative estimate of drug-likeness (QED) is 0.654. The summed E-state index contributed by atoms with van der Waals surface area (Å²) in [5, 5.41) is 13.6. The topological polar surface area (TPSA) is 92.5 Å². The van der Waals surface area contributed by atoms with Gasteiger partial charge in [0.05, 0.1) is 10.8 Å². The summed E-state index contributed by atoms with van der Waals surface area (Å²) in [5.74, 6) is -0.693. The predicted molar refractivity (Wildman–Crippen MR) is 93.4 cm³/mol. The van der Waals surface area contributed by atoms with Crippen LogP contribution in [0.3, 0.4) is 0 Å². The van der Waals surface area contributed by atoms with Crippen molar-refractivity contribution in [3.05, 3.63) is 33.3 Å². The molecule has 1 atom stereocenters. The number of carbonyl (C=O) groups excluding carboxylic acids is 2. The predicted octanol–water partition coefficient (Wildman–Crippen LogP) is 3.37. The zero-order valence-electron chi connectivity index (χ0n) is 13.7. The van der Waals surface area contributed by atoms with E-state index in [1.165, 1.54) is 24.6 Å². The fourth-order valence-electron chi connectivity index (χ4n) is 3.63. The van der Waals surface area contributed by atoms with Crippen molar-refractivity contribution in [1.29, 1.82) is 0 Å². The molecule has 25 heavy (non-hydrogen) atoms. The summed E-state index contributed by atoms with van der Waals surface area (Å²) >= 11 is 5.77. The third-order valence-corrected chi connectivity index (χ3v) is 5.27.